The van der Waals surface area contributed by atoms with Crippen LogP contribution in [0, 0.1) is 6.92 Å². The van der Waals surface area contributed by atoms with Gasteiger partial charge in [0.25, 0.3) is 11.5 Å². The van der Waals surface area contributed by atoms with E-state index in [-0.39, 0.29) is 11.5 Å². The average Bonchev–Trinajstić information content (AvgIpc) is 2.78. The molecule has 0 aliphatic heterocycles. The minimum Gasteiger partial charge on any atom is -0.335 e. The van der Waals surface area contributed by atoms with E-state index in [1.54, 1.807) is 39.8 Å². The van der Waals surface area contributed by atoms with E-state index in [0.717, 1.165) is 5.56 Å². The van der Waals surface area contributed by atoms with Crippen molar-refractivity contribution in [2.24, 2.45) is 0 Å². The molecular weight excluding hydrogens is 374 g/mol. The topological polar surface area (TPSA) is 55.2 Å². The zero-order valence-corrected chi connectivity index (χ0v) is 17.1. The normalized spacial score (nSPS) is 10.9. The van der Waals surface area contributed by atoms with Gasteiger partial charge in [0.15, 0.2) is 0 Å². The SMILES string of the molecule is CCN(Cc1ccccc1)C(=O)c1ccc(-n2c(C)nc3ccccc3c2=O)cc1. The Labute approximate surface area is 175 Å². The Balaban J connectivity index is 1.64. The molecule has 0 saturated carbocycles. The Morgan fingerprint density at radius 2 is 1.60 bits per heavy atom. The minimum absolute atomic E-state index is 0.0337. The molecule has 0 atom stereocenters. The molecule has 1 heterocycles. The first kappa shape index (κ1) is 19.6. The van der Waals surface area contributed by atoms with Crippen molar-refractivity contribution in [1.29, 1.82) is 0 Å². The fourth-order valence-corrected chi connectivity index (χ4v) is 3.61. The molecule has 150 valence electrons. The van der Waals surface area contributed by atoms with Gasteiger partial charge in [-0.25, -0.2) is 4.98 Å². The number of hydrogen-bond donors (Lipinski definition) is 0. The summed E-state index contributed by atoms with van der Waals surface area (Å²) in [4.78, 5) is 32.3. The summed E-state index contributed by atoms with van der Waals surface area (Å²) in [5.74, 6) is 0.575. The fourth-order valence-electron chi connectivity index (χ4n) is 3.61. The molecule has 0 spiro atoms. The molecule has 5 nitrogen and oxygen atoms in total. The van der Waals surface area contributed by atoms with Gasteiger partial charge in [0, 0.05) is 18.7 Å². The number of aromatic nitrogens is 2. The minimum atomic E-state index is -0.114. The van der Waals surface area contributed by atoms with Gasteiger partial charge in [0.05, 0.1) is 16.6 Å². The van der Waals surface area contributed by atoms with Crippen molar-refractivity contribution in [3.05, 3.63) is 106 Å². The first-order valence-electron chi connectivity index (χ1n) is 10.0. The molecule has 0 unspecified atom stereocenters. The Morgan fingerprint density at radius 3 is 2.30 bits per heavy atom. The monoisotopic (exact) mass is 397 g/mol. The Morgan fingerprint density at radius 1 is 0.933 bits per heavy atom. The van der Waals surface area contributed by atoms with Crippen molar-refractivity contribution < 1.29 is 4.79 Å². The van der Waals surface area contributed by atoms with E-state index >= 15 is 0 Å². The Bertz CT molecular complexity index is 1250. The lowest BCUT2D eigenvalue weighted by atomic mass is 10.1. The van der Waals surface area contributed by atoms with Crippen molar-refractivity contribution in [3.63, 3.8) is 0 Å². The predicted octanol–water partition coefficient (Wildman–Crippen LogP) is 4.36. The number of fused-ring (bicyclic) bond motifs is 1. The van der Waals surface area contributed by atoms with Crippen molar-refractivity contribution in [2.75, 3.05) is 6.54 Å². The molecule has 0 N–H and O–H groups in total. The van der Waals surface area contributed by atoms with Crippen LogP contribution in [0.1, 0.15) is 28.7 Å². The molecule has 0 fully saturated rings. The molecule has 5 heteroatoms. The second kappa shape index (κ2) is 8.33. The van der Waals surface area contributed by atoms with Crippen LogP contribution in [0.5, 0.6) is 0 Å². The summed E-state index contributed by atoms with van der Waals surface area (Å²) in [6, 6.07) is 24.4. The van der Waals surface area contributed by atoms with Gasteiger partial charge in [-0.3, -0.25) is 14.2 Å². The van der Waals surface area contributed by atoms with Crippen LogP contribution in [0.25, 0.3) is 16.6 Å². The highest BCUT2D eigenvalue weighted by Crippen LogP contribution is 2.15. The predicted molar refractivity (Wildman–Crippen MR) is 119 cm³/mol. The van der Waals surface area contributed by atoms with Crippen LogP contribution in [0.15, 0.2) is 83.7 Å². The molecule has 4 aromatic rings. The Hall–Kier alpha value is -3.73. The summed E-state index contributed by atoms with van der Waals surface area (Å²) in [7, 11) is 0. The van der Waals surface area contributed by atoms with Gasteiger partial charge in [0.1, 0.15) is 5.82 Å². The number of benzene rings is 3. The van der Waals surface area contributed by atoms with Crippen LogP contribution < -0.4 is 5.56 Å². The molecule has 4 rings (SSSR count). The molecule has 0 aliphatic carbocycles. The highest BCUT2D eigenvalue weighted by atomic mass is 16.2. The van der Waals surface area contributed by atoms with Crippen LogP contribution in [-0.2, 0) is 6.54 Å². The molecule has 3 aromatic carbocycles. The number of hydrogen-bond acceptors (Lipinski definition) is 3. The molecule has 0 radical (unpaired) electrons. The fraction of sp³-hybridized carbons (Fsp3) is 0.160. The second-order valence-corrected chi connectivity index (χ2v) is 7.17. The van der Waals surface area contributed by atoms with E-state index in [1.165, 1.54) is 0 Å². The highest BCUT2D eigenvalue weighted by Gasteiger charge is 2.15. The van der Waals surface area contributed by atoms with Crippen LogP contribution in [0.3, 0.4) is 0 Å². The summed E-state index contributed by atoms with van der Waals surface area (Å²) in [6.07, 6.45) is 0. The first-order chi connectivity index (χ1) is 14.6. The third kappa shape index (κ3) is 3.74. The molecule has 0 bridgehead atoms. The van der Waals surface area contributed by atoms with Crippen molar-refractivity contribution >= 4 is 16.8 Å². The molecular formula is C25H23N3O2. The zero-order chi connectivity index (χ0) is 21.1. The van der Waals surface area contributed by atoms with Crippen LogP contribution in [-0.4, -0.2) is 26.9 Å². The lowest BCUT2D eigenvalue weighted by Gasteiger charge is -2.21. The molecule has 30 heavy (non-hydrogen) atoms. The van der Waals surface area contributed by atoms with Gasteiger partial charge >= 0.3 is 0 Å². The summed E-state index contributed by atoms with van der Waals surface area (Å²) in [5, 5.41) is 0.572. The van der Waals surface area contributed by atoms with Gasteiger partial charge in [0.2, 0.25) is 0 Å². The van der Waals surface area contributed by atoms with Crippen molar-refractivity contribution in [1.82, 2.24) is 14.5 Å². The average molecular weight is 397 g/mol. The summed E-state index contributed by atoms with van der Waals surface area (Å²) in [6.45, 7) is 4.96. The van der Waals surface area contributed by atoms with E-state index in [1.807, 2.05) is 62.4 Å². The smallest absolute Gasteiger partial charge is 0.265 e. The number of rotatable bonds is 5. The number of carbonyl (C=O) groups excluding carboxylic acids is 1. The number of para-hydroxylation sites is 1. The standard InChI is InChI=1S/C25H23N3O2/c1-3-27(17-19-9-5-4-6-10-19)24(29)20-13-15-21(16-14-20)28-18(2)26-23-12-8-7-11-22(23)25(28)30/h4-16H,3,17H2,1-2H3. The largest absolute Gasteiger partial charge is 0.335 e. The van der Waals surface area contributed by atoms with Gasteiger partial charge in [-0.2, -0.15) is 0 Å². The van der Waals surface area contributed by atoms with E-state index in [2.05, 4.69) is 4.98 Å². The molecule has 0 aliphatic rings. The maximum absolute atomic E-state index is 13.0. The second-order valence-electron chi connectivity index (χ2n) is 7.17. The molecule has 1 amide bonds. The molecule has 1 aromatic heterocycles. The maximum Gasteiger partial charge on any atom is 0.265 e. The summed E-state index contributed by atoms with van der Waals surface area (Å²) >= 11 is 0. The zero-order valence-electron chi connectivity index (χ0n) is 17.1. The number of nitrogens with zero attached hydrogens (tertiary/aromatic N) is 3. The van der Waals surface area contributed by atoms with Gasteiger partial charge < -0.3 is 4.90 Å². The molecule has 0 saturated heterocycles. The van der Waals surface area contributed by atoms with E-state index in [9.17, 15) is 9.59 Å². The van der Waals surface area contributed by atoms with E-state index < -0.39 is 0 Å². The van der Waals surface area contributed by atoms with E-state index in [4.69, 9.17) is 0 Å². The lowest BCUT2D eigenvalue weighted by molar-refractivity contribution is 0.0752. The third-order valence-corrected chi connectivity index (χ3v) is 5.20. The lowest BCUT2D eigenvalue weighted by Crippen LogP contribution is -2.30. The van der Waals surface area contributed by atoms with Gasteiger partial charge in [-0.1, -0.05) is 42.5 Å². The number of amides is 1. The van der Waals surface area contributed by atoms with Crippen LogP contribution in [0.4, 0.5) is 0 Å². The van der Waals surface area contributed by atoms with Crippen LogP contribution >= 0.6 is 0 Å². The van der Waals surface area contributed by atoms with Gasteiger partial charge in [-0.05, 0) is 55.8 Å². The maximum atomic E-state index is 13.0. The van der Waals surface area contributed by atoms with Crippen molar-refractivity contribution in [3.8, 4) is 5.69 Å². The Kier molecular flexibility index (Phi) is 5.44. The first-order valence-corrected chi connectivity index (χ1v) is 10.0. The quantitative estimate of drug-likeness (QED) is 0.503. The summed E-state index contributed by atoms with van der Waals surface area (Å²) < 4.78 is 1.58. The number of aryl methyl sites for hydroxylation is 1. The van der Waals surface area contributed by atoms with Crippen molar-refractivity contribution in [2.45, 2.75) is 20.4 Å². The van der Waals surface area contributed by atoms with Crippen LogP contribution in [0.2, 0.25) is 0 Å². The number of carbonyl (C=O) groups is 1. The third-order valence-electron chi connectivity index (χ3n) is 5.20. The highest BCUT2D eigenvalue weighted by molar-refractivity contribution is 5.94. The summed E-state index contributed by atoms with van der Waals surface area (Å²) in [5.41, 5.74) is 2.95. The van der Waals surface area contributed by atoms with Gasteiger partial charge in [-0.15, -0.1) is 0 Å². The van der Waals surface area contributed by atoms with E-state index in [0.29, 0.717) is 41.1 Å².